The molecule has 0 atom stereocenters. The molecule has 0 heterocycles. The molecule has 0 radical (unpaired) electrons. The highest BCUT2D eigenvalue weighted by molar-refractivity contribution is 7.78. The molecule has 0 aromatic heterocycles. The summed E-state index contributed by atoms with van der Waals surface area (Å²) in [5.74, 6) is -0.382. The van der Waals surface area contributed by atoms with Crippen LogP contribution in [0.1, 0.15) is 0 Å². The first-order chi connectivity index (χ1) is 8.63. The Hall–Kier alpha value is -1.25. The van der Waals surface area contributed by atoms with E-state index in [0.717, 1.165) is 0 Å². The van der Waals surface area contributed by atoms with Gasteiger partial charge in [0.15, 0.2) is 0 Å². The summed E-state index contributed by atoms with van der Waals surface area (Å²) >= 11 is 16.7. The summed E-state index contributed by atoms with van der Waals surface area (Å²) < 4.78 is 13.7. The average molecular weight is 298 g/mol. The van der Waals surface area contributed by atoms with Gasteiger partial charge < -0.3 is 0 Å². The molecule has 18 heavy (non-hydrogen) atoms. The Morgan fingerprint density at radius 3 is 2.28 bits per heavy atom. The van der Waals surface area contributed by atoms with E-state index >= 15 is 0 Å². The molecule has 0 amide bonds. The minimum absolute atomic E-state index is 0.316. The van der Waals surface area contributed by atoms with E-state index in [2.05, 4.69) is 22.4 Å². The van der Waals surface area contributed by atoms with Gasteiger partial charge in [0.2, 0.25) is 0 Å². The summed E-state index contributed by atoms with van der Waals surface area (Å²) in [6.07, 6.45) is 0. The molecule has 0 aliphatic carbocycles. The van der Waals surface area contributed by atoms with Crippen molar-refractivity contribution in [2.24, 2.45) is 4.99 Å². The van der Waals surface area contributed by atoms with Crippen LogP contribution in [0.15, 0.2) is 41.4 Å². The SMILES string of the molecule is Fc1ccccc1-c1c(Cl)cc(N=C=S)cc1Cl. The number of isothiocyanates is 1. The van der Waals surface area contributed by atoms with E-state index in [0.29, 0.717) is 26.9 Å². The normalized spacial score (nSPS) is 9.94. The Bertz CT molecular complexity index is 628. The molecule has 0 spiro atoms. The number of rotatable bonds is 2. The zero-order valence-corrected chi connectivity index (χ0v) is 11.3. The first-order valence-corrected chi connectivity index (χ1v) is 6.11. The second-order valence-electron chi connectivity index (χ2n) is 3.47. The van der Waals surface area contributed by atoms with Gasteiger partial charge in [-0.2, -0.15) is 4.99 Å². The fraction of sp³-hybridized carbons (Fsp3) is 0. The van der Waals surface area contributed by atoms with Gasteiger partial charge in [-0.15, -0.1) is 0 Å². The molecule has 0 saturated carbocycles. The second kappa shape index (κ2) is 5.59. The van der Waals surface area contributed by atoms with Gasteiger partial charge >= 0.3 is 0 Å². The number of nitrogens with zero attached hydrogens (tertiary/aromatic N) is 1. The van der Waals surface area contributed by atoms with Crippen molar-refractivity contribution in [3.05, 3.63) is 52.3 Å². The van der Waals surface area contributed by atoms with Crippen molar-refractivity contribution in [2.75, 3.05) is 0 Å². The third-order valence-corrected chi connectivity index (χ3v) is 3.03. The van der Waals surface area contributed by atoms with E-state index < -0.39 is 0 Å². The van der Waals surface area contributed by atoms with Gasteiger partial charge in [0.05, 0.1) is 20.9 Å². The zero-order valence-electron chi connectivity index (χ0n) is 8.95. The van der Waals surface area contributed by atoms with E-state index in [1.807, 2.05) is 0 Å². The summed E-state index contributed by atoms with van der Waals surface area (Å²) in [5.41, 5.74) is 1.28. The molecular formula is C13H6Cl2FNS. The Labute approximate surface area is 119 Å². The molecular weight excluding hydrogens is 292 g/mol. The zero-order chi connectivity index (χ0) is 13.1. The molecule has 0 saturated heterocycles. The predicted octanol–water partition coefficient (Wildman–Crippen LogP) is 5.53. The minimum Gasteiger partial charge on any atom is -0.206 e. The van der Waals surface area contributed by atoms with Crippen LogP contribution in [-0.4, -0.2) is 5.16 Å². The number of halogens is 3. The quantitative estimate of drug-likeness (QED) is 0.524. The van der Waals surface area contributed by atoms with Crippen LogP contribution in [0, 0.1) is 5.82 Å². The molecule has 2 aromatic rings. The summed E-state index contributed by atoms with van der Waals surface area (Å²) in [6, 6.07) is 9.41. The van der Waals surface area contributed by atoms with Gasteiger partial charge in [-0.25, -0.2) is 4.39 Å². The van der Waals surface area contributed by atoms with Crippen LogP contribution in [0.4, 0.5) is 10.1 Å². The molecule has 0 fully saturated rings. The van der Waals surface area contributed by atoms with Crippen molar-refractivity contribution in [3.8, 4) is 11.1 Å². The Balaban J connectivity index is 2.66. The predicted molar refractivity (Wildman–Crippen MR) is 76.5 cm³/mol. The maximum Gasteiger partial charge on any atom is 0.131 e. The van der Waals surface area contributed by atoms with Gasteiger partial charge in [-0.1, -0.05) is 41.4 Å². The standard InChI is InChI=1S/C13H6Cl2FNS/c14-10-5-8(17-7-18)6-11(15)13(10)9-3-1-2-4-12(9)16/h1-6H. The molecule has 0 aliphatic heterocycles. The lowest BCUT2D eigenvalue weighted by Crippen LogP contribution is -1.86. The lowest BCUT2D eigenvalue weighted by molar-refractivity contribution is 0.631. The van der Waals surface area contributed by atoms with E-state index in [9.17, 15) is 4.39 Å². The van der Waals surface area contributed by atoms with Crippen molar-refractivity contribution in [1.82, 2.24) is 0 Å². The van der Waals surface area contributed by atoms with Crippen LogP contribution in [0.2, 0.25) is 10.0 Å². The van der Waals surface area contributed by atoms with Crippen LogP contribution in [0.3, 0.4) is 0 Å². The number of aliphatic imine (C=N–C) groups is 1. The van der Waals surface area contributed by atoms with Crippen LogP contribution in [0.25, 0.3) is 11.1 Å². The molecule has 1 nitrogen and oxygen atoms in total. The second-order valence-corrected chi connectivity index (χ2v) is 4.46. The lowest BCUT2D eigenvalue weighted by Gasteiger charge is -2.09. The maximum atomic E-state index is 13.7. The van der Waals surface area contributed by atoms with Crippen molar-refractivity contribution in [3.63, 3.8) is 0 Å². The minimum atomic E-state index is -0.382. The fourth-order valence-corrected chi connectivity index (χ4v) is 2.38. The van der Waals surface area contributed by atoms with Crippen LogP contribution >= 0.6 is 35.4 Å². The third-order valence-electron chi connectivity index (χ3n) is 2.34. The van der Waals surface area contributed by atoms with Gasteiger partial charge in [0, 0.05) is 11.1 Å². The number of benzene rings is 2. The summed E-state index contributed by atoms with van der Waals surface area (Å²) in [7, 11) is 0. The summed E-state index contributed by atoms with van der Waals surface area (Å²) in [4.78, 5) is 3.79. The Morgan fingerprint density at radius 2 is 1.72 bits per heavy atom. The first-order valence-electron chi connectivity index (χ1n) is 4.95. The molecule has 2 rings (SSSR count). The lowest BCUT2D eigenvalue weighted by atomic mass is 10.0. The van der Waals surface area contributed by atoms with Crippen molar-refractivity contribution >= 4 is 46.3 Å². The first kappa shape index (κ1) is 13.2. The number of hydrogen-bond acceptors (Lipinski definition) is 2. The molecule has 2 aromatic carbocycles. The van der Waals surface area contributed by atoms with Crippen molar-refractivity contribution < 1.29 is 4.39 Å². The average Bonchev–Trinajstić information content (AvgIpc) is 2.31. The van der Waals surface area contributed by atoms with Crippen LogP contribution in [-0.2, 0) is 0 Å². The van der Waals surface area contributed by atoms with Gasteiger partial charge in [0.1, 0.15) is 5.82 Å². The highest BCUT2D eigenvalue weighted by Crippen LogP contribution is 2.38. The van der Waals surface area contributed by atoms with Gasteiger partial charge in [-0.05, 0) is 30.4 Å². The highest BCUT2D eigenvalue weighted by Gasteiger charge is 2.13. The highest BCUT2D eigenvalue weighted by atomic mass is 35.5. The topological polar surface area (TPSA) is 12.4 Å². The van der Waals surface area contributed by atoms with E-state index in [-0.39, 0.29) is 5.82 Å². The monoisotopic (exact) mass is 297 g/mol. The van der Waals surface area contributed by atoms with Crippen molar-refractivity contribution in [1.29, 1.82) is 0 Å². The van der Waals surface area contributed by atoms with Crippen molar-refractivity contribution in [2.45, 2.75) is 0 Å². The molecule has 0 bridgehead atoms. The van der Waals surface area contributed by atoms with E-state index in [4.69, 9.17) is 23.2 Å². The molecule has 0 N–H and O–H groups in total. The number of hydrogen-bond donors (Lipinski definition) is 0. The fourth-order valence-electron chi connectivity index (χ4n) is 1.60. The Morgan fingerprint density at radius 1 is 1.11 bits per heavy atom. The Kier molecular flexibility index (Phi) is 4.10. The maximum absolute atomic E-state index is 13.7. The number of thiocarbonyl (C=S) groups is 1. The van der Waals surface area contributed by atoms with Crippen LogP contribution in [0.5, 0.6) is 0 Å². The molecule has 0 unspecified atom stereocenters. The van der Waals surface area contributed by atoms with Crippen LogP contribution < -0.4 is 0 Å². The molecule has 90 valence electrons. The van der Waals surface area contributed by atoms with Gasteiger partial charge in [-0.3, -0.25) is 0 Å². The smallest absolute Gasteiger partial charge is 0.131 e. The summed E-state index contributed by atoms with van der Waals surface area (Å²) in [5, 5.41) is 2.86. The molecule has 5 heteroatoms. The summed E-state index contributed by atoms with van der Waals surface area (Å²) in [6.45, 7) is 0. The van der Waals surface area contributed by atoms with E-state index in [1.165, 1.54) is 6.07 Å². The molecule has 0 aliphatic rings. The van der Waals surface area contributed by atoms with Gasteiger partial charge in [0.25, 0.3) is 0 Å². The third kappa shape index (κ3) is 2.60. The largest absolute Gasteiger partial charge is 0.206 e. The van der Waals surface area contributed by atoms with E-state index in [1.54, 1.807) is 30.3 Å².